The monoisotopic (exact) mass is 422 g/mol. The standard InChI is InChI=1S/C24H23ClN2O3/c1-16(2)17-9-11-22(12-10-17)30-15-23(28)26-20-7-3-5-18(13-20)24(29)27-21-8-4-6-19(25)14-21/h3-14,16H,15H2,1-2H3,(H,26,28)(H,27,29). The van der Waals surface area contributed by atoms with E-state index in [0.29, 0.717) is 33.6 Å². The highest BCUT2D eigenvalue weighted by Gasteiger charge is 2.09. The SMILES string of the molecule is CC(C)c1ccc(OCC(=O)Nc2cccc(C(=O)Nc3cccc(Cl)c3)c2)cc1. The normalized spacial score (nSPS) is 10.5. The molecule has 3 aromatic rings. The summed E-state index contributed by atoms with van der Waals surface area (Å²) in [5.41, 5.74) is 2.73. The van der Waals surface area contributed by atoms with Crippen LogP contribution in [-0.4, -0.2) is 18.4 Å². The summed E-state index contributed by atoms with van der Waals surface area (Å²) in [5.74, 6) is 0.458. The molecule has 3 aromatic carbocycles. The van der Waals surface area contributed by atoms with Crippen molar-refractivity contribution in [1.29, 1.82) is 0 Å². The van der Waals surface area contributed by atoms with Crippen molar-refractivity contribution in [3.8, 4) is 5.75 Å². The van der Waals surface area contributed by atoms with Crippen LogP contribution < -0.4 is 15.4 Å². The Balaban J connectivity index is 1.56. The lowest BCUT2D eigenvalue weighted by atomic mass is 10.0. The molecular formula is C24H23ClN2O3. The fraction of sp³-hybridized carbons (Fsp3) is 0.167. The fourth-order valence-corrected chi connectivity index (χ4v) is 2.99. The van der Waals surface area contributed by atoms with Crippen LogP contribution in [0.5, 0.6) is 5.75 Å². The topological polar surface area (TPSA) is 67.4 Å². The van der Waals surface area contributed by atoms with E-state index >= 15 is 0 Å². The second-order valence-corrected chi connectivity index (χ2v) is 7.54. The number of carbonyl (C=O) groups is 2. The molecular weight excluding hydrogens is 400 g/mol. The number of hydrogen-bond acceptors (Lipinski definition) is 3. The van der Waals surface area contributed by atoms with Gasteiger partial charge in [0, 0.05) is 22.0 Å². The van der Waals surface area contributed by atoms with E-state index in [1.807, 2.05) is 24.3 Å². The third-order valence-electron chi connectivity index (χ3n) is 4.41. The van der Waals surface area contributed by atoms with Gasteiger partial charge in [0.25, 0.3) is 11.8 Å². The predicted molar refractivity (Wildman–Crippen MR) is 121 cm³/mol. The molecule has 0 aliphatic rings. The van der Waals surface area contributed by atoms with Crippen LogP contribution in [0, 0.1) is 0 Å². The highest BCUT2D eigenvalue weighted by Crippen LogP contribution is 2.19. The molecule has 30 heavy (non-hydrogen) atoms. The van der Waals surface area contributed by atoms with E-state index in [-0.39, 0.29) is 18.4 Å². The first-order chi connectivity index (χ1) is 14.4. The van der Waals surface area contributed by atoms with E-state index in [2.05, 4.69) is 24.5 Å². The maximum Gasteiger partial charge on any atom is 0.262 e. The van der Waals surface area contributed by atoms with Gasteiger partial charge in [0.05, 0.1) is 0 Å². The summed E-state index contributed by atoms with van der Waals surface area (Å²) < 4.78 is 5.54. The molecule has 0 saturated heterocycles. The van der Waals surface area contributed by atoms with Crippen molar-refractivity contribution in [2.75, 3.05) is 17.2 Å². The van der Waals surface area contributed by atoms with Gasteiger partial charge in [-0.05, 0) is 60.0 Å². The van der Waals surface area contributed by atoms with Crippen molar-refractivity contribution in [3.05, 3.63) is 88.9 Å². The number of carbonyl (C=O) groups excluding carboxylic acids is 2. The van der Waals surface area contributed by atoms with Gasteiger partial charge in [0.15, 0.2) is 6.61 Å². The molecule has 0 aromatic heterocycles. The van der Waals surface area contributed by atoms with Gasteiger partial charge in [0.1, 0.15) is 5.75 Å². The molecule has 0 saturated carbocycles. The molecule has 0 fully saturated rings. The predicted octanol–water partition coefficient (Wildman–Crippen LogP) is 5.73. The van der Waals surface area contributed by atoms with E-state index in [0.717, 1.165) is 0 Å². The number of benzene rings is 3. The summed E-state index contributed by atoms with van der Waals surface area (Å²) in [6, 6.07) is 21.3. The van der Waals surface area contributed by atoms with E-state index in [9.17, 15) is 9.59 Å². The lowest BCUT2D eigenvalue weighted by Gasteiger charge is -2.10. The van der Waals surface area contributed by atoms with Gasteiger partial charge in [0.2, 0.25) is 0 Å². The maximum absolute atomic E-state index is 12.5. The molecule has 0 spiro atoms. The van der Waals surface area contributed by atoms with Gasteiger partial charge in [-0.3, -0.25) is 9.59 Å². The average Bonchev–Trinajstić information content (AvgIpc) is 2.73. The summed E-state index contributed by atoms with van der Waals surface area (Å²) >= 11 is 5.94. The van der Waals surface area contributed by atoms with E-state index in [4.69, 9.17) is 16.3 Å². The molecule has 2 N–H and O–H groups in total. The Labute approximate surface area is 181 Å². The van der Waals surface area contributed by atoms with Gasteiger partial charge in [-0.15, -0.1) is 0 Å². The Hall–Kier alpha value is -3.31. The molecule has 0 heterocycles. The van der Waals surface area contributed by atoms with Gasteiger partial charge >= 0.3 is 0 Å². The van der Waals surface area contributed by atoms with Crippen LogP contribution >= 0.6 is 11.6 Å². The van der Waals surface area contributed by atoms with Crippen molar-refractivity contribution in [2.45, 2.75) is 19.8 Å². The lowest BCUT2D eigenvalue weighted by molar-refractivity contribution is -0.118. The Morgan fingerprint density at radius 3 is 2.23 bits per heavy atom. The first-order valence-electron chi connectivity index (χ1n) is 9.60. The van der Waals surface area contributed by atoms with Crippen LogP contribution in [0.1, 0.15) is 35.7 Å². The first-order valence-corrected chi connectivity index (χ1v) is 9.98. The van der Waals surface area contributed by atoms with Crippen LogP contribution in [0.3, 0.4) is 0 Å². The summed E-state index contributed by atoms with van der Waals surface area (Å²) in [6.07, 6.45) is 0. The summed E-state index contributed by atoms with van der Waals surface area (Å²) in [4.78, 5) is 24.7. The van der Waals surface area contributed by atoms with Crippen molar-refractivity contribution in [2.24, 2.45) is 0 Å². The molecule has 154 valence electrons. The molecule has 0 atom stereocenters. The van der Waals surface area contributed by atoms with Crippen molar-refractivity contribution >= 4 is 34.8 Å². The van der Waals surface area contributed by atoms with E-state index in [1.165, 1.54) is 5.56 Å². The zero-order chi connectivity index (χ0) is 21.5. The summed E-state index contributed by atoms with van der Waals surface area (Å²) in [7, 11) is 0. The van der Waals surface area contributed by atoms with Crippen LogP contribution in [0.25, 0.3) is 0 Å². The Morgan fingerprint density at radius 2 is 1.57 bits per heavy atom. The molecule has 0 bridgehead atoms. The molecule has 0 aliphatic heterocycles. The molecule has 6 heteroatoms. The number of rotatable bonds is 7. The highest BCUT2D eigenvalue weighted by atomic mass is 35.5. The second kappa shape index (κ2) is 9.94. The van der Waals surface area contributed by atoms with Gasteiger partial charge in [-0.1, -0.05) is 49.7 Å². The molecule has 0 unspecified atom stereocenters. The molecule has 0 radical (unpaired) electrons. The first kappa shape index (κ1) is 21.4. The summed E-state index contributed by atoms with van der Waals surface area (Å²) in [5, 5.41) is 6.06. The molecule has 3 rings (SSSR count). The number of nitrogens with one attached hydrogen (secondary N) is 2. The lowest BCUT2D eigenvalue weighted by Crippen LogP contribution is -2.20. The number of anilines is 2. The van der Waals surface area contributed by atoms with Gasteiger partial charge < -0.3 is 15.4 Å². The minimum absolute atomic E-state index is 0.125. The largest absolute Gasteiger partial charge is 0.484 e. The maximum atomic E-state index is 12.5. The molecule has 2 amide bonds. The van der Waals surface area contributed by atoms with Crippen molar-refractivity contribution < 1.29 is 14.3 Å². The number of hydrogen-bond donors (Lipinski definition) is 2. The van der Waals surface area contributed by atoms with E-state index in [1.54, 1.807) is 48.5 Å². The number of amides is 2. The number of halogens is 1. The Morgan fingerprint density at radius 1 is 0.900 bits per heavy atom. The zero-order valence-corrected chi connectivity index (χ0v) is 17.6. The minimum atomic E-state index is -0.310. The third kappa shape index (κ3) is 6.09. The third-order valence-corrected chi connectivity index (χ3v) is 4.64. The second-order valence-electron chi connectivity index (χ2n) is 7.11. The van der Waals surface area contributed by atoms with E-state index < -0.39 is 0 Å². The van der Waals surface area contributed by atoms with Crippen LogP contribution in [0.15, 0.2) is 72.8 Å². The summed E-state index contributed by atoms with van der Waals surface area (Å²) in [6.45, 7) is 4.11. The van der Waals surface area contributed by atoms with Crippen LogP contribution in [-0.2, 0) is 4.79 Å². The van der Waals surface area contributed by atoms with Crippen LogP contribution in [0.2, 0.25) is 5.02 Å². The van der Waals surface area contributed by atoms with Gasteiger partial charge in [-0.25, -0.2) is 0 Å². The zero-order valence-electron chi connectivity index (χ0n) is 16.8. The molecule has 0 aliphatic carbocycles. The smallest absolute Gasteiger partial charge is 0.262 e. The van der Waals surface area contributed by atoms with Gasteiger partial charge in [-0.2, -0.15) is 0 Å². The molecule has 5 nitrogen and oxygen atoms in total. The Kier molecular flexibility index (Phi) is 7.09. The Bertz CT molecular complexity index is 1030. The number of ether oxygens (including phenoxy) is 1. The minimum Gasteiger partial charge on any atom is -0.484 e. The highest BCUT2D eigenvalue weighted by molar-refractivity contribution is 6.31. The van der Waals surface area contributed by atoms with Crippen molar-refractivity contribution in [1.82, 2.24) is 0 Å². The average molecular weight is 423 g/mol. The quantitative estimate of drug-likeness (QED) is 0.510. The fourth-order valence-electron chi connectivity index (χ4n) is 2.80. The van der Waals surface area contributed by atoms with Crippen LogP contribution in [0.4, 0.5) is 11.4 Å². The van der Waals surface area contributed by atoms with Crippen molar-refractivity contribution in [3.63, 3.8) is 0 Å².